The van der Waals surface area contributed by atoms with Gasteiger partial charge in [-0.2, -0.15) is 0 Å². The Balaban J connectivity index is 4.05. The second-order valence-corrected chi connectivity index (χ2v) is 23.5. The molecule has 0 aliphatic rings. The molecule has 0 saturated heterocycles. The number of hydrogen-bond donors (Lipinski definition) is 0. The smallest absolute Gasteiger partial charge is 0.306 e. The number of hydrogen-bond acceptors (Lipinski definition) is 6. The van der Waals surface area contributed by atoms with Gasteiger partial charge < -0.3 is 14.2 Å². The Labute approximate surface area is 474 Å². The van der Waals surface area contributed by atoms with E-state index < -0.39 is 6.10 Å². The van der Waals surface area contributed by atoms with Gasteiger partial charge in [-0.1, -0.05) is 340 Å². The summed E-state index contributed by atoms with van der Waals surface area (Å²) in [4.78, 5) is 38.2. The van der Waals surface area contributed by atoms with Crippen molar-refractivity contribution in [3.8, 4) is 0 Å². The maximum absolute atomic E-state index is 12.9. The minimum atomic E-state index is -0.765. The molecule has 76 heavy (non-hydrogen) atoms. The van der Waals surface area contributed by atoms with E-state index in [1.54, 1.807) is 0 Å². The van der Waals surface area contributed by atoms with Gasteiger partial charge in [-0.25, -0.2) is 0 Å². The molecule has 0 aliphatic carbocycles. The van der Waals surface area contributed by atoms with Gasteiger partial charge in [0.25, 0.3) is 0 Å². The summed E-state index contributed by atoms with van der Waals surface area (Å²) >= 11 is 0. The first kappa shape index (κ1) is 73.9. The third-order valence-electron chi connectivity index (χ3n) is 15.7. The van der Waals surface area contributed by atoms with Crippen molar-refractivity contribution in [1.29, 1.82) is 0 Å². The van der Waals surface area contributed by atoms with Crippen molar-refractivity contribution < 1.29 is 28.6 Å². The Morgan fingerprint density at radius 1 is 0.263 bits per heavy atom. The lowest BCUT2D eigenvalue weighted by Crippen LogP contribution is -2.30. The Bertz CT molecular complexity index is 1230. The molecule has 0 N–H and O–H groups in total. The van der Waals surface area contributed by atoms with Crippen LogP contribution >= 0.6 is 0 Å². The molecule has 1 unspecified atom stereocenters. The van der Waals surface area contributed by atoms with Gasteiger partial charge in [0.05, 0.1) is 0 Å². The number of carbonyl (C=O) groups excluding carboxylic acids is 3. The minimum absolute atomic E-state index is 0.0643. The second kappa shape index (κ2) is 65.4. The van der Waals surface area contributed by atoms with Crippen LogP contribution in [0.5, 0.6) is 0 Å². The highest BCUT2D eigenvalue weighted by Crippen LogP contribution is 2.19. The third-order valence-corrected chi connectivity index (χ3v) is 15.7. The highest BCUT2D eigenvalue weighted by Gasteiger charge is 2.19. The van der Waals surface area contributed by atoms with Gasteiger partial charge in [-0.05, 0) is 51.4 Å². The third kappa shape index (κ3) is 62.7. The van der Waals surface area contributed by atoms with Gasteiger partial charge in [0.2, 0.25) is 0 Å². The topological polar surface area (TPSA) is 78.9 Å². The Morgan fingerprint density at radius 3 is 0.724 bits per heavy atom. The number of unbranched alkanes of at least 4 members (excludes halogenated alkanes) is 49. The predicted molar refractivity (Wildman–Crippen MR) is 330 cm³/mol. The van der Waals surface area contributed by atoms with Crippen molar-refractivity contribution in [1.82, 2.24) is 0 Å². The van der Waals surface area contributed by atoms with E-state index in [9.17, 15) is 14.4 Å². The van der Waals surface area contributed by atoms with Crippen molar-refractivity contribution in [3.63, 3.8) is 0 Å². The van der Waals surface area contributed by atoms with Crippen molar-refractivity contribution in [3.05, 3.63) is 24.3 Å². The van der Waals surface area contributed by atoms with Crippen LogP contribution in [0.25, 0.3) is 0 Å². The molecule has 0 aromatic carbocycles. The number of esters is 3. The highest BCUT2D eigenvalue weighted by atomic mass is 16.6. The molecule has 0 aromatic heterocycles. The lowest BCUT2D eigenvalue weighted by Gasteiger charge is -2.18. The van der Waals surface area contributed by atoms with Crippen LogP contribution in [-0.2, 0) is 28.6 Å². The van der Waals surface area contributed by atoms with Gasteiger partial charge in [-0.3, -0.25) is 14.4 Å². The van der Waals surface area contributed by atoms with E-state index in [0.717, 1.165) is 64.2 Å². The van der Waals surface area contributed by atoms with Crippen LogP contribution in [-0.4, -0.2) is 37.2 Å². The van der Waals surface area contributed by atoms with E-state index in [0.29, 0.717) is 19.3 Å². The fraction of sp³-hybridized carbons (Fsp3) is 0.900. The molecule has 0 fully saturated rings. The zero-order valence-corrected chi connectivity index (χ0v) is 51.6. The molecule has 0 bridgehead atoms. The standard InChI is InChI=1S/C70H132O6/c1-4-7-10-13-16-19-21-23-25-27-29-31-32-33-34-35-36-37-38-40-41-43-45-47-49-51-54-57-60-63-69(72)75-66-67(65-74-68(71)62-59-56-53-18-15-12-9-6-3)76-70(73)64-61-58-55-52-50-48-46-44-42-39-30-28-26-24-22-20-17-14-11-8-5-2/h21,23,27,29,67H,4-20,22,24-26,28,30-66H2,1-3H3/b23-21-,29-27-. The monoisotopic (exact) mass is 1070 g/mol. The van der Waals surface area contributed by atoms with E-state index >= 15 is 0 Å². The van der Waals surface area contributed by atoms with E-state index in [1.165, 1.54) is 283 Å². The molecule has 6 heteroatoms. The molecule has 0 aromatic rings. The Kier molecular flexibility index (Phi) is 63.6. The SMILES string of the molecule is CCCCCCC/C=C\C/C=C\CCCCCCCCCCCCCCCCCCCC(=O)OCC(COC(=O)CCCCCCCCCC)OC(=O)CCCCCCCCCCCCCCCCCCCCCCC. The van der Waals surface area contributed by atoms with Crippen LogP contribution in [0.1, 0.15) is 387 Å². The summed E-state index contributed by atoms with van der Waals surface area (Å²) in [6, 6.07) is 0. The van der Waals surface area contributed by atoms with Crippen LogP contribution in [0.15, 0.2) is 24.3 Å². The summed E-state index contributed by atoms with van der Waals surface area (Å²) < 4.78 is 16.9. The van der Waals surface area contributed by atoms with Crippen molar-refractivity contribution in [2.45, 2.75) is 393 Å². The molecule has 6 nitrogen and oxygen atoms in total. The fourth-order valence-corrected chi connectivity index (χ4v) is 10.5. The number of ether oxygens (including phenoxy) is 3. The van der Waals surface area contributed by atoms with E-state index in [4.69, 9.17) is 14.2 Å². The van der Waals surface area contributed by atoms with Gasteiger partial charge in [0, 0.05) is 19.3 Å². The highest BCUT2D eigenvalue weighted by molar-refractivity contribution is 5.71. The summed E-state index contributed by atoms with van der Waals surface area (Å²) in [5, 5.41) is 0. The fourth-order valence-electron chi connectivity index (χ4n) is 10.5. The second-order valence-electron chi connectivity index (χ2n) is 23.5. The van der Waals surface area contributed by atoms with Crippen molar-refractivity contribution >= 4 is 17.9 Å². The summed E-state index contributed by atoms with van der Waals surface area (Å²) in [7, 11) is 0. The number of allylic oxidation sites excluding steroid dienone is 4. The van der Waals surface area contributed by atoms with Crippen LogP contribution in [0, 0.1) is 0 Å². The predicted octanol–water partition coefficient (Wildman–Crippen LogP) is 23.4. The van der Waals surface area contributed by atoms with Gasteiger partial charge in [0.15, 0.2) is 6.10 Å². The normalized spacial score (nSPS) is 12.1. The summed E-state index contributed by atoms with van der Waals surface area (Å²) in [5.41, 5.74) is 0. The molecule has 0 amide bonds. The zero-order chi connectivity index (χ0) is 55.0. The molecular formula is C70H132O6. The average molecular weight is 1070 g/mol. The van der Waals surface area contributed by atoms with Crippen LogP contribution in [0.3, 0.4) is 0 Å². The zero-order valence-electron chi connectivity index (χ0n) is 51.6. The molecule has 448 valence electrons. The molecular weight excluding hydrogens is 937 g/mol. The lowest BCUT2D eigenvalue weighted by molar-refractivity contribution is -0.167. The van der Waals surface area contributed by atoms with Crippen molar-refractivity contribution in [2.24, 2.45) is 0 Å². The summed E-state index contributed by atoms with van der Waals surface area (Å²) in [5.74, 6) is -0.839. The van der Waals surface area contributed by atoms with Crippen LogP contribution < -0.4 is 0 Å². The van der Waals surface area contributed by atoms with Crippen LogP contribution in [0.2, 0.25) is 0 Å². The quantitative estimate of drug-likeness (QED) is 0.0261. The van der Waals surface area contributed by atoms with E-state index in [-0.39, 0.29) is 31.1 Å². The average Bonchev–Trinajstić information content (AvgIpc) is 3.42. The van der Waals surface area contributed by atoms with Gasteiger partial charge in [-0.15, -0.1) is 0 Å². The molecule has 0 spiro atoms. The molecule has 0 rings (SSSR count). The largest absolute Gasteiger partial charge is 0.462 e. The Hall–Kier alpha value is -2.11. The van der Waals surface area contributed by atoms with Crippen molar-refractivity contribution in [2.75, 3.05) is 13.2 Å². The maximum Gasteiger partial charge on any atom is 0.306 e. The molecule has 0 aliphatic heterocycles. The minimum Gasteiger partial charge on any atom is -0.462 e. The maximum atomic E-state index is 12.9. The van der Waals surface area contributed by atoms with Gasteiger partial charge >= 0.3 is 17.9 Å². The summed E-state index contributed by atoms with van der Waals surface area (Å²) in [6.07, 6.45) is 79.4. The van der Waals surface area contributed by atoms with Gasteiger partial charge in [0.1, 0.15) is 13.2 Å². The molecule has 0 heterocycles. The first-order valence-corrected chi connectivity index (χ1v) is 34.3. The lowest BCUT2D eigenvalue weighted by atomic mass is 10.0. The number of carbonyl (C=O) groups is 3. The Morgan fingerprint density at radius 2 is 0.474 bits per heavy atom. The first-order chi connectivity index (χ1) is 37.5. The molecule has 1 atom stereocenters. The molecule has 0 radical (unpaired) electrons. The van der Waals surface area contributed by atoms with E-state index in [2.05, 4.69) is 45.1 Å². The number of rotatable bonds is 64. The van der Waals surface area contributed by atoms with Crippen LogP contribution in [0.4, 0.5) is 0 Å². The van der Waals surface area contributed by atoms with E-state index in [1.807, 2.05) is 0 Å². The first-order valence-electron chi connectivity index (χ1n) is 34.3. The molecule has 0 saturated carbocycles. The summed E-state index contributed by atoms with van der Waals surface area (Å²) in [6.45, 7) is 6.67.